The largest absolute Gasteiger partial charge is 0.325 e. The average Bonchev–Trinajstić information content (AvgIpc) is 2.89. The monoisotopic (exact) mass is 356 g/mol. The minimum absolute atomic E-state index is 0.0262. The van der Waals surface area contributed by atoms with Gasteiger partial charge in [-0.1, -0.05) is 37.5 Å². The highest BCUT2D eigenvalue weighted by Gasteiger charge is 2.48. The van der Waals surface area contributed by atoms with E-state index in [0.29, 0.717) is 5.69 Å². The van der Waals surface area contributed by atoms with Gasteiger partial charge in [-0.25, -0.2) is 4.90 Å². The van der Waals surface area contributed by atoms with Crippen molar-refractivity contribution in [3.8, 4) is 0 Å². The summed E-state index contributed by atoms with van der Waals surface area (Å²) in [5.74, 6) is -0.535. The van der Waals surface area contributed by atoms with Crippen LogP contribution < -0.4 is 4.90 Å². The van der Waals surface area contributed by atoms with Crippen LogP contribution in [0, 0.1) is 5.92 Å². The molecule has 0 N–H and O–H groups in total. The highest BCUT2D eigenvalue weighted by atomic mass is 16.2. The van der Waals surface area contributed by atoms with Crippen molar-refractivity contribution >= 4 is 23.4 Å². The lowest BCUT2D eigenvalue weighted by atomic mass is 9.86. The van der Waals surface area contributed by atoms with Crippen LogP contribution in [0.1, 0.15) is 59.3 Å². The van der Waals surface area contributed by atoms with Gasteiger partial charge < -0.3 is 4.90 Å². The minimum Gasteiger partial charge on any atom is -0.325 e. The fourth-order valence-corrected chi connectivity index (χ4v) is 4.16. The first-order valence-electron chi connectivity index (χ1n) is 9.55. The first-order valence-corrected chi connectivity index (χ1v) is 9.55. The van der Waals surface area contributed by atoms with Crippen LogP contribution in [0.15, 0.2) is 30.3 Å². The maximum atomic E-state index is 13.3. The summed E-state index contributed by atoms with van der Waals surface area (Å²) >= 11 is 0. The Morgan fingerprint density at radius 2 is 1.65 bits per heavy atom. The van der Waals surface area contributed by atoms with Gasteiger partial charge in [0.2, 0.25) is 11.8 Å². The van der Waals surface area contributed by atoms with E-state index >= 15 is 0 Å². The number of rotatable bonds is 3. The van der Waals surface area contributed by atoms with Crippen LogP contribution in [0.2, 0.25) is 0 Å². The molecular formula is C21H28N2O3. The molecule has 1 heterocycles. The first-order chi connectivity index (χ1) is 12.3. The minimum atomic E-state index is -0.711. The molecule has 0 bridgehead atoms. The molecule has 1 aliphatic carbocycles. The predicted molar refractivity (Wildman–Crippen MR) is 101 cm³/mol. The van der Waals surface area contributed by atoms with Crippen LogP contribution in [0.3, 0.4) is 0 Å². The predicted octanol–water partition coefficient (Wildman–Crippen LogP) is 3.53. The number of hydrogen-bond acceptors (Lipinski definition) is 3. The molecule has 1 saturated carbocycles. The molecule has 1 aromatic rings. The van der Waals surface area contributed by atoms with Crippen LogP contribution >= 0.6 is 0 Å². The summed E-state index contributed by atoms with van der Waals surface area (Å²) in [6, 6.07) is 8.25. The molecule has 2 fully saturated rings. The molecule has 1 aromatic carbocycles. The Labute approximate surface area is 155 Å². The van der Waals surface area contributed by atoms with Gasteiger partial charge in [0, 0.05) is 11.5 Å². The molecule has 0 spiro atoms. The molecule has 26 heavy (non-hydrogen) atoms. The standard InChI is InChI=1S/C21H28N2O3/c1-21(2,3)23(19(25)15-10-6-4-7-11-15)17-14-18(24)22(20(17)26)16-12-8-5-9-13-16/h5,8-9,12-13,15,17H,4,6-7,10-11,14H2,1-3H3. The average molecular weight is 356 g/mol. The van der Waals surface area contributed by atoms with Gasteiger partial charge in [-0.2, -0.15) is 0 Å². The third-order valence-electron chi connectivity index (χ3n) is 5.36. The lowest BCUT2D eigenvalue weighted by Gasteiger charge is -2.41. The Hall–Kier alpha value is -2.17. The van der Waals surface area contributed by atoms with Gasteiger partial charge in [-0.05, 0) is 45.7 Å². The zero-order valence-electron chi connectivity index (χ0n) is 15.9. The van der Waals surface area contributed by atoms with Crippen molar-refractivity contribution in [3.63, 3.8) is 0 Å². The van der Waals surface area contributed by atoms with Crippen molar-refractivity contribution in [2.75, 3.05) is 4.90 Å². The fraction of sp³-hybridized carbons (Fsp3) is 0.571. The second-order valence-electron chi connectivity index (χ2n) is 8.34. The normalized spacial score (nSPS) is 22.0. The van der Waals surface area contributed by atoms with Crippen LogP contribution in [-0.2, 0) is 14.4 Å². The van der Waals surface area contributed by atoms with Crippen LogP contribution in [0.25, 0.3) is 0 Å². The Morgan fingerprint density at radius 1 is 1.04 bits per heavy atom. The SMILES string of the molecule is CC(C)(C)N(C(=O)C1CCCCC1)C1CC(=O)N(c2ccccc2)C1=O. The van der Waals surface area contributed by atoms with Gasteiger partial charge >= 0.3 is 0 Å². The number of benzene rings is 1. The Balaban J connectivity index is 1.89. The van der Waals surface area contributed by atoms with E-state index in [1.54, 1.807) is 29.2 Å². The zero-order valence-corrected chi connectivity index (χ0v) is 15.9. The summed E-state index contributed by atoms with van der Waals surface area (Å²) in [7, 11) is 0. The number of anilines is 1. The van der Waals surface area contributed by atoms with Crippen molar-refractivity contribution in [1.29, 1.82) is 0 Å². The highest BCUT2D eigenvalue weighted by molar-refractivity contribution is 6.23. The summed E-state index contributed by atoms with van der Waals surface area (Å²) in [5, 5.41) is 0. The molecule has 3 amide bonds. The molecule has 1 unspecified atom stereocenters. The van der Waals surface area contributed by atoms with Gasteiger partial charge in [-0.15, -0.1) is 0 Å². The van der Waals surface area contributed by atoms with Gasteiger partial charge in [0.25, 0.3) is 5.91 Å². The number of para-hydroxylation sites is 1. The van der Waals surface area contributed by atoms with Crippen molar-refractivity contribution < 1.29 is 14.4 Å². The number of carbonyl (C=O) groups excluding carboxylic acids is 3. The van der Waals surface area contributed by atoms with Gasteiger partial charge in [-0.3, -0.25) is 14.4 Å². The molecule has 1 atom stereocenters. The molecule has 1 saturated heterocycles. The van der Waals surface area contributed by atoms with Gasteiger partial charge in [0.1, 0.15) is 6.04 Å². The van der Waals surface area contributed by atoms with Crippen LogP contribution in [0.5, 0.6) is 0 Å². The van der Waals surface area contributed by atoms with E-state index in [9.17, 15) is 14.4 Å². The van der Waals surface area contributed by atoms with Crippen molar-refractivity contribution in [3.05, 3.63) is 30.3 Å². The van der Waals surface area contributed by atoms with E-state index in [4.69, 9.17) is 0 Å². The second kappa shape index (κ2) is 7.22. The maximum absolute atomic E-state index is 13.3. The van der Waals surface area contributed by atoms with Gasteiger partial charge in [0.15, 0.2) is 0 Å². The second-order valence-corrected chi connectivity index (χ2v) is 8.34. The van der Waals surface area contributed by atoms with Crippen LogP contribution in [-0.4, -0.2) is 34.2 Å². The molecule has 0 aromatic heterocycles. The maximum Gasteiger partial charge on any atom is 0.257 e. The van der Waals surface area contributed by atoms with Crippen molar-refractivity contribution in [2.45, 2.75) is 70.9 Å². The lowest BCUT2D eigenvalue weighted by Crippen LogP contribution is -2.56. The Kier molecular flexibility index (Phi) is 5.17. The fourth-order valence-electron chi connectivity index (χ4n) is 4.16. The summed E-state index contributed by atoms with van der Waals surface area (Å²) in [6.45, 7) is 5.82. The summed E-state index contributed by atoms with van der Waals surface area (Å²) in [6.07, 6.45) is 5.10. The molecule has 5 nitrogen and oxygen atoms in total. The van der Waals surface area contributed by atoms with Crippen LogP contribution in [0.4, 0.5) is 5.69 Å². The van der Waals surface area contributed by atoms with E-state index in [2.05, 4.69) is 0 Å². The molecule has 5 heteroatoms. The van der Waals surface area contributed by atoms with E-state index in [1.807, 2.05) is 26.8 Å². The Bertz CT molecular complexity index is 687. The zero-order chi connectivity index (χ0) is 18.9. The van der Waals surface area contributed by atoms with Gasteiger partial charge in [0.05, 0.1) is 12.1 Å². The van der Waals surface area contributed by atoms with E-state index in [-0.39, 0.29) is 30.1 Å². The number of nitrogens with zero attached hydrogens (tertiary/aromatic N) is 2. The van der Waals surface area contributed by atoms with E-state index in [1.165, 1.54) is 11.3 Å². The first kappa shape index (κ1) is 18.6. The lowest BCUT2D eigenvalue weighted by molar-refractivity contribution is -0.148. The molecular weight excluding hydrogens is 328 g/mol. The third kappa shape index (κ3) is 3.53. The molecule has 3 rings (SSSR count). The Morgan fingerprint density at radius 3 is 2.23 bits per heavy atom. The molecule has 1 aliphatic heterocycles. The quantitative estimate of drug-likeness (QED) is 0.779. The number of hydrogen-bond donors (Lipinski definition) is 0. The van der Waals surface area contributed by atoms with Crippen molar-refractivity contribution in [2.24, 2.45) is 5.92 Å². The van der Waals surface area contributed by atoms with E-state index < -0.39 is 11.6 Å². The topological polar surface area (TPSA) is 57.7 Å². The summed E-state index contributed by atoms with van der Waals surface area (Å²) in [4.78, 5) is 41.9. The number of carbonyl (C=O) groups is 3. The molecule has 2 aliphatic rings. The summed E-state index contributed by atoms with van der Waals surface area (Å²) < 4.78 is 0. The molecule has 140 valence electrons. The number of imide groups is 1. The third-order valence-corrected chi connectivity index (χ3v) is 5.36. The van der Waals surface area contributed by atoms with E-state index in [0.717, 1.165) is 25.7 Å². The number of amides is 3. The summed E-state index contributed by atoms with van der Waals surface area (Å²) in [5.41, 5.74) is 0.0611. The molecule has 0 radical (unpaired) electrons. The smallest absolute Gasteiger partial charge is 0.257 e. The highest BCUT2D eigenvalue weighted by Crippen LogP contribution is 2.33. The van der Waals surface area contributed by atoms with Crippen molar-refractivity contribution in [1.82, 2.24) is 4.90 Å².